The topological polar surface area (TPSA) is 16.1 Å². The van der Waals surface area contributed by atoms with Gasteiger partial charge in [-0.1, -0.05) is 30.3 Å². The number of aromatic nitrogens is 1. The van der Waals surface area contributed by atoms with Crippen LogP contribution in [-0.2, 0) is 0 Å². The molecule has 2 aromatic rings. The quantitative estimate of drug-likeness (QED) is 0.824. The van der Waals surface area contributed by atoms with E-state index in [9.17, 15) is 0 Å². The fraction of sp³-hybridized carbons (Fsp3) is 0.312. The Morgan fingerprint density at radius 3 is 2.47 bits per heavy atom. The van der Waals surface area contributed by atoms with Crippen molar-refractivity contribution in [3.63, 3.8) is 0 Å². The van der Waals surface area contributed by atoms with Crippen molar-refractivity contribution in [2.24, 2.45) is 0 Å². The fourth-order valence-electron chi connectivity index (χ4n) is 2.80. The standard InChI is InChI=1S/C16H17BrN2/c17-15-12-18-9-6-16(15)19-10-7-14(8-11-19)13-4-2-1-3-5-13/h1-6,9,12,14H,7-8,10-11H2. The average Bonchev–Trinajstić information content (AvgIpc) is 2.49. The predicted molar refractivity (Wildman–Crippen MR) is 82.6 cm³/mol. The number of halogens is 1. The molecule has 2 heterocycles. The van der Waals surface area contributed by atoms with Crippen LogP contribution >= 0.6 is 15.9 Å². The molecule has 1 aromatic carbocycles. The van der Waals surface area contributed by atoms with Gasteiger partial charge in [0.1, 0.15) is 0 Å². The first-order valence-corrected chi connectivity index (χ1v) is 7.53. The summed E-state index contributed by atoms with van der Waals surface area (Å²) in [5.41, 5.74) is 2.75. The predicted octanol–water partition coefficient (Wildman–Crippen LogP) is 4.23. The highest BCUT2D eigenvalue weighted by Crippen LogP contribution is 2.32. The van der Waals surface area contributed by atoms with Crippen LogP contribution in [0.5, 0.6) is 0 Å². The van der Waals surface area contributed by atoms with Gasteiger partial charge >= 0.3 is 0 Å². The minimum Gasteiger partial charge on any atom is -0.370 e. The van der Waals surface area contributed by atoms with Crippen LogP contribution in [-0.4, -0.2) is 18.1 Å². The number of pyridine rings is 1. The van der Waals surface area contributed by atoms with Gasteiger partial charge in [0, 0.05) is 25.5 Å². The Bertz CT molecular complexity index is 533. The normalized spacial score (nSPS) is 16.6. The molecule has 0 spiro atoms. The summed E-state index contributed by atoms with van der Waals surface area (Å²) in [7, 11) is 0. The third-order valence-electron chi connectivity index (χ3n) is 3.86. The molecule has 1 aromatic heterocycles. The molecule has 19 heavy (non-hydrogen) atoms. The summed E-state index contributed by atoms with van der Waals surface area (Å²) in [6.45, 7) is 2.23. The maximum Gasteiger partial charge on any atom is 0.0592 e. The van der Waals surface area contributed by atoms with Gasteiger partial charge in [-0.2, -0.15) is 0 Å². The second kappa shape index (κ2) is 5.74. The van der Waals surface area contributed by atoms with E-state index in [1.54, 1.807) is 0 Å². The number of hydrogen-bond donors (Lipinski definition) is 0. The van der Waals surface area contributed by atoms with Gasteiger partial charge in [0.25, 0.3) is 0 Å². The molecule has 0 saturated carbocycles. The van der Waals surface area contributed by atoms with Crippen molar-refractivity contribution in [2.75, 3.05) is 18.0 Å². The van der Waals surface area contributed by atoms with Crippen molar-refractivity contribution in [1.29, 1.82) is 0 Å². The maximum atomic E-state index is 4.13. The lowest BCUT2D eigenvalue weighted by Crippen LogP contribution is -2.33. The molecular weight excluding hydrogens is 300 g/mol. The molecule has 1 aliphatic heterocycles. The minimum atomic E-state index is 0.707. The van der Waals surface area contributed by atoms with Gasteiger partial charge < -0.3 is 4.90 Å². The number of anilines is 1. The number of piperidine rings is 1. The summed E-state index contributed by atoms with van der Waals surface area (Å²) < 4.78 is 1.09. The summed E-state index contributed by atoms with van der Waals surface area (Å²) in [5.74, 6) is 0.707. The Kier molecular flexibility index (Phi) is 3.83. The lowest BCUT2D eigenvalue weighted by atomic mass is 9.89. The van der Waals surface area contributed by atoms with Crippen LogP contribution in [0.25, 0.3) is 0 Å². The first-order chi connectivity index (χ1) is 9.34. The van der Waals surface area contributed by atoms with E-state index in [-0.39, 0.29) is 0 Å². The van der Waals surface area contributed by atoms with Crippen LogP contribution in [0.3, 0.4) is 0 Å². The monoisotopic (exact) mass is 316 g/mol. The Hall–Kier alpha value is -1.35. The number of benzene rings is 1. The highest BCUT2D eigenvalue weighted by Gasteiger charge is 2.21. The highest BCUT2D eigenvalue weighted by molar-refractivity contribution is 9.10. The number of nitrogens with zero attached hydrogens (tertiary/aromatic N) is 2. The maximum absolute atomic E-state index is 4.13. The van der Waals surface area contributed by atoms with E-state index < -0.39 is 0 Å². The van der Waals surface area contributed by atoms with Gasteiger partial charge in [-0.15, -0.1) is 0 Å². The average molecular weight is 317 g/mol. The van der Waals surface area contributed by atoms with E-state index >= 15 is 0 Å². The van der Waals surface area contributed by atoms with Crippen molar-refractivity contribution in [2.45, 2.75) is 18.8 Å². The van der Waals surface area contributed by atoms with E-state index in [0.29, 0.717) is 5.92 Å². The molecule has 0 N–H and O–H groups in total. The van der Waals surface area contributed by atoms with Crippen LogP contribution < -0.4 is 4.90 Å². The molecule has 1 aliphatic rings. The molecule has 3 heteroatoms. The van der Waals surface area contributed by atoms with E-state index in [1.165, 1.54) is 24.1 Å². The largest absolute Gasteiger partial charge is 0.370 e. The summed E-state index contributed by atoms with van der Waals surface area (Å²) in [4.78, 5) is 6.58. The molecule has 0 amide bonds. The highest BCUT2D eigenvalue weighted by atomic mass is 79.9. The molecule has 1 fully saturated rings. The first kappa shape index (κ1) is 12.7. The summed E-state index contributed by atoms with van der Waals surface area (Å²) in [5, 5.41) is 0. The first-order valence-electron chi connectivity index (χ1n) is 6.74. The Morgan fingerprint density at radius 1 is 1.05 bits per heavy atom. The van der Waals surface area contributed by atoms with E-state index in [4.69, 9.17) is 0 Å². The van der Waals surface area contributed by atoms with Crippen LogP contribution in [0, 0.1) is 0 Å². The molecule has 0 unspecified atom stereocenters. The second-order valence-electron chi connectivity index (χ2n) is 5.00. The van der Waals surface area contributed by atoms with Crippen LogP contribution in [0.2, 0.25) is 0 Å². The molecule has 2 nitrogen and oxygen atoms in total. The zero-order valence-electron chi connectivity index (χ0n) is 10.8. The number of rotatable bonds is 2. The SMILES string of the molecule is Brc1cnccc1N1CCC(c2ccccc2)CC1. The van der Waals surface area contributed by atoms with Crippen molar-refractivity contribution in [3.05, 3.63) is 58.8 Å². The van der Waals surface area contributed by atoms with E-state index in [1.807, 2.05) is 12.4 Å². The van der Waals surface area contributed by atoms with Gasteiger partial charge in [-0.3, -0.25) is 4.98 Å². The molecular formula is C16H17BrN2. The molecule has 0 atom stereocenters. The van der Waals surface area contributed by atoms with Crippen molar-refractivity contribution in [1.82, 2.24) is 4.98 Å². The van der Waals surface area contributed by atoms with Gasteiger partial charge in [-0.05, 0) is 46.3 Å². The number of hydrogen-bond acceptors (Lipinski definition) is 2. The zero-order valence-corrected chi connectivity index (χ0v) is 12.4. The Balaban J connectivity index is 1.69. The molecule has 1 saturated heterocycles. The third-order valence-corrected chi connectivity index (χ3v) is 4.47. The smallest absolute Gasteiger partial charge is 0.0592 e. The summed E-state index contributed by atoms with van der Waals surface area (Å²) in [6, 6.07) is 13.0. The van der Waals surface area contributed by atoms with Crippen molar-refractivity contribution < 1.29 is 0 Å². The van der Waals surface area contributed by atoms with Gasteiger partial charge in [0.2, 0.25) is 0 Å². The third kappa shape index (κ3) is 2.81. The molecule has 0 radical (unpaired) electrons. The molecule has 3 rings (SSSR count). The Labute approximate surface area is 122 Å². The zero-order chi connectivity index (χ0) is 13.1. The summed E-state index contributed by atoms with van der Waals surface area (Å²) in [6.07, 6.45) is 6.18. The molecule has 0 aliphatic carbocycles. The van der Waals surface area contributed by atoms with E-state index in [0.717, 1.165) is 17.6 Å². The molecule has 98 valence electrons. The van der Waals surface area contributed by atoms with Crippen LogP contribution in [0.1, 0.15) is 24.3 Å². The van der Waals surface area contributed by atoms with Gasteiger partial charge in [-0.25, -0.2) is 0 Å². The second-order valence-corrected chi connectivity index (χ2v) is 5.85. The van der Waals surface area contributed by atoms with Crippen molar-refractivity contribution >= 4 is 21.6 Å². The lowest BCUT2D eigenvalue weighted by Gasteiger charge is -2.34. The van der Waals surface area contributed by atoms with E-state index in [2.05, 4.69) is 62.2 Å². The van der Waals surface area contributed by atoms with Crippen LogP contribution in [0.15, 0.2) is 53.3 Å². The van der Waals surface area contributed by atoms with Crippen molar-refractivity contribution in [3.8, 4) is 0 Å². The van der Waals surface area contributed by atoms with Gasteiger partial charge in [0.05, 0.1) is 10.2 Å². The fourth-order valence-corrected chi connectivity index (χ4v) is 3.30. The lowest BCUT2D eigenvalue weighted by molar-refractivity contribution is 0.505. The Morgan fingerprint density at radius 2 is 1.79 bits per heavy atom. The summed E-state index contributed by atoms with van der Waals surface area (Å²) >= 11 is 3.59. The molecule has 0 bridgehead atoms. The van der Waals surface area contributed by atoms with Gasteiger partial charge in [0.15, 0.2) is 0 Å². The minimum absolute atomic E-state index is 0.707. The van der Waals surface area contributed by atoms with Crippen LogP contribution in [0.4, 0.5) is 5.69 Å².